The van der Waals surface area contributed by atoms with Gasteiger partial charge in [-0.1, -0.05) is 48.0 Å². The Balaban J connectivity index is 1.53. The summed E-state index contributed by atoms with van der Waals surface area (Å²) < 4.78 is 2.26. The minimum absolute atomic E-state index is 0.615. The molecule has 2 heterocycles. The van der Waals surface area contributed by atoms with Crippen LogP contribution in [0.5, 0.6) is 0 Å². The highest BCUT2D eigenvalue weighted by Crippen LogP contribution is 2.33. The highest BCUT2D eigenvalue weighted by Gasteiger charge is 2.24. The van der Waals surface area contributed by atoms with Crippen molar-refractivity contribution >= 4 is 17.3 Å². The lowest BCUT2D eigenvalue weighted by molar-refractivity contribution is 0.625. The van der Waals surface area contributed by atoms with Gasteiger partial charge in [-0.15, -0.1) is 0 Å². The largest absolute Gasteiger partial charge is 0.363 e. The monoisotopic (exact) mass is 362 g/mol. The molecule has 0 aliphatic carbocycles. The van der Waals surface area contributed by atoms with Crippen molar-refractivity contribution in [3.8, 4) is 6.07 Å². The minimum Gasteiger partial charge on any atom is -0.363 e. The van der Waals surface area contributed by atoms with Crippen molar-refractivity contribution in [1.82, 2.24) is 9.55 Å². The number of nitrogens with zero attached hydrogens (tertiary/aromatic N) is 4. The van der Waals surface area contributed by atoms with Gasteiger partial charge < -0.3 is 9.47 Å². The van der Waals surface area contributed by atoms with Gasteiger partial charge in [0.25, 0.3) is 0 Å². The predicted molar refractivity (Wildman–Crippen MR) is 103 cm³/mol. The lowest BCUT2D eigenvalue weighted by Crippen LogP contribution is -2.32. The van der Waals surface area contributed by atoms with Crippen molar-refractivity contribution in [3.05, 3.63) is 82.4 Å². The van der Waals surface area contributed by atoms with Gasteiger partial charge in [-0.2, -0.15) is 5.26 Å². The lowest BCUT2D eigenvalue weighted by Gasteiger charge is -2.30. The molecule has 130 valence electrons. The van der Waals surface area contributed by atoms with Gasteiger partial charge in [-0.25, -0.2) is 4.98 Å². The first-order chi connectivity index (χ1) is 12.8. The third-order valence-electron chi connectivity index (χ3n) is 4.90. The van der Waals surface area contributed by atoms with Crippen LogP contribution in [-0.2, 0) is 25.9 Å². The fourth-order valence-electron chi connectivity index (χ4n) is 3.57. The maximum Gasteiger partial charge on any atom is 0.101 e. The molecule has 0 fully saturated rings. The summed E-state index contributed by atoms with van der Waals surface area (Å²) in [4.78, 5) is 6.79. The van der Waals surface area contributed by atoms with E-state index in [0.717, 1.165) is 37.3 Å². The second-order valence-electron chi connectivity index (χ2n) is 6.49. The summed E-state index contributed by atoms with van der Waals surface area (Å²) in [5.74, 6) is 0. The third-order valence-corrected chi connectivity index (χ3v) is 5.20. The summed E-state index contributed by atoms with van der Waals surface area (Å²) in [6.07, 6.45) is 3.84. The van der Waals surface area contributed by atoms with Crippen LogP contribution in [0.3, 0.4) is 0 Å². The fraction of sp³-hybridized carbons (Fsp3) is 0.238. The van der Waals surface area contributed by atoms with Gasteiger partial charge >= 0.3 is 0 Å². The van der Waals surface area contributed by atoms with Crippen molar-refractivity contribution in [2.75, 3.05) is 11.4 Å². The molecule has 4 nitrogen and oxygen atoms in total. The Morgan fingerprint density at radius 1 is 1.12 bits per heavy atom. The van der Waals surface area contributed by atoms with Crippen molar-refractivity contribution in [2.24, 2.45) is 0 Å². The standard InChI is InChI=1S/C21H19ClN4/c22-18-8-4-7-17(13-23)21(18)25-12-10-20-19(14-25)24-15-26(20)11-9-16-5-2-1-3-6-16/h1-8,15H,9-12,14H2. The molecule has 0 atom stereocenters. The second-order valence-corrected chi connectivity index (χ2v) is 6.89. The average Bonchev–Trinajstić information content (AvgIpc) is 3.09. The maximum absolute atomic E-state index is 9.40. The number of para-hydroxylation sites is 1. The minimum atomic E-state index is 0.615. The summed E-state index contributed by atoms with van der Waals surface area (Å²) in [6.45, 7) is 2.45. The number of anilines is 1. The molecule has 26 heavy (non-hydrogen) atoms. The van der Waals surface area contributed by atoms with E-state index >= 15 is 0 Å². The molecule has 0 saturated carbocycles. The third kappa shape index (κ3) is 3.18. The molecule has 2 aromatic carbocycles. The average molecular weight is 363 g/mol. The highest BCUT2D eigenvalue weighted by molar-refractivity contribution is 6.33. The van der Waals surface area contributed by atoms with Crippen LogP contribution in [-0.4, -0.2) is 16.1 Å². The number of benzene rings is 2. The van der Waals surface area contributed by atoms with Crippen molar-refractivity contribution in [3.63, 3.8) is 0 Å². The summed E-state index contributed by atoms with van der Waals surface area (Å²) in [6, 6.07) is 18.2. The Hall–Kier alpha value is -2.77. The zero-order chi connectivity index (χ0) is 17.9. The maximum atomic E-state index is 9.40. The Kier molecular flexibility index (Phi) is 4.64. The fourth-order valence-corrected chi connectivity index (χ4v) is 3.87. The highest BCUT2D eigenvalue weighted by atomic mass is 35.5. The summed E-state index contributed by atoms with van der Waals surface area (Å²) >= 11 is 6.37. The van der Waals surface area contributed by atoms with E-state index in [1.54, 1.807) is 0 Å². The molecule has 0 bridgehead atoms. The number of hydrogen-bond donors (Lipinski definition) is 0. The number of imidazole rings is 1. The molecule has 0 N–H and O–H groups in total. The van der Waals surface area contributed by atoms with Crippen molar-refractivity contribution in [2.45, 2.75) is 25.9 Å². The number of halogens is 1. The van der Waals surface area contributed by atoms with Gasteiger partial charge in [0.2, 0.25) is 0 Å². The van der Waals surface area contributed by atoms with E-state index in [9.17, 15) is 5.26 Å². The van der Waals surface area contributed by atoms with Gasteiger partial charge in [-0.05, 0) is 24.1 Å². The van der Waals surface area contributed by atoms with Crippen LogP contribution in [0.15, 0.2) is 54.9 Å². The van der Waals surface area contributed by atoms with E-state index < -0.39 is 0 Å². The van der Waals surface area contributed by atoms with Gasteiger partial charge in [0.1, 0.15) is 6.07 Å². The van der Waals surface area contributed by atoms with Crippen molar-refractivity contribution in [1.29, 1.82) is 5.26 Å². The summed E-state index contributed by atoms with van der Waals surface area (Å²) in [5.41, 5.74) is 5.14. The first kappa shape index (κ1) is 16.7. The summed E-state index contributed by atoms with van der Waals surface area (Å²) in [7, 11) is 0. The van der Waals surface area contributed by atoms with Gasteiger partial charge in [-0.3, -0.25) is 0 Å². The van der Waals surface area contributed by atoms with Crippen molar-refractivity contribution < 1.29 is 0 Å². The number of aromatic nitrogens is 2. The number of fused-ring (bicyclic) bond motifs is 1. The lowest BCUT2D eigenvalue weighted by atomic mass is 10.1. The first-order valence-corrected chi connectivity index (χ1v) is 9.14. The topological polar surface area (TPSA) is 44.9 Å². The van der Waals surface area contributed by atoms with E-state index in [-0.39, 0.29) is 0 Å². The molecular weight excluding hydrogens is 344 g/mol. The molecule has 0 radical (unpaired) electrons. The SMILES string of the molecule is N#Cc1cccc(Cl)c1N1CCc2c(ncn2CCc2ccccc2)C1. The zero-order valence-corrected chi connectivity index (χ0v) is 15.2. The predicted octanol–water partition coefficient (Wildman–Crippen LogP) is 4.21. The van der Waals surface area contributed by atoms with Crippen LogP contribution < -0.4 is 4.90 Å². The van der Waals surface area contributed by atoms with Crippen LogP contribution in [0, 0.1) is 11.3 Å². The van der Waals surface area contributed by atoms with Gasteiger partial charge in [0.15, 0.2) is 0 Å². The molecule has 3 aromatic rings. The van der Waals surface area contributed by atoms with Crippen LogP contribution >= 0.6 is 11.6 Å². The zero-order valence-electron chi connectivity index (χ0n) is 14.4. The molecule has 1 aliphatic heterocycles. The van der Waals surface area contributed by atoms with E-state index in [4.69, 9.17) is 11.6 Å². The Bertz CT molecular complexity index is 956. The molecule has 1 aliphatic rings. The Morgan fingerprint density at radius 3 is 2.77 bits per heavy atom. The van der Waals surface area contributed by atoms with Gasteiger partial charge in [0.05, 0.1) is 34.8 Å². The number of nitriles is 1. The quantitative estimate of drug-likeness (QED) is 0.698. The normalized spacial score (nSPS) is 13.3. The molecule has 0 amide bonds. The molecule has 4 rings (SSSR count). The molecule has 0 saturated heterocycles. The number of rotatable bonds is 4. The van der Waals surface area contributed by atoms with Crippen LogP contribution in [0.1, 0.15) is 22.5 Å². The Morgan fingerprint density at radius 2 is 1.96 bits per heavy atom. The van der Waals surface area contributed by atoms with E-state index in [1.807, 2.05) is 30.6 Å². The van der Waals surface area contributed by atoms with E-state index in [0.29, 0.717) is 17.1 Å². The number of aryl methyl sites for hydroxylation is 2. The molecule has 0 spiro atoms. The van der Waals surface area contributed by atoms with Crippen LogP contribution in [0.2, 0.25) is 5.02 Å². The smallest absolute Gasteiger partial charge is 0.101 e. The summed E-state index contributed by atoms with van der Waals surface area (Å²) in [5, 5.41) is 10.0. The Labute approximate surface area is 158 Å². The second kappa shape index (κ2) is 7.23. The van der Waals surface area contributed by atoms with Gasteiger partial charge in [0, 0.05) is 25.2 Å². The first-order valence-electron chi connectivity index (χ1n) is 8.76. The molecule has 0 unspecified atom stereocenters. The van der Waals surface area contributed by atoms with Crippen LogP contribution in [0.4, 0.5) is 5.69 Å². The molecule has 5 heteroatoms. The van der Waals surface area contributed by atoms with Crippen LogP contribution in [0.25, 0.3) is 0 Å². The number of hydrogen-bond acceptors (Lipinski definition) is 3. The van der Waals surface area contributed by atoms with E-state index in [2.05, 4.69) is 44.8 Å². The molecule has 1 aromatic heterocycles. The molecular formula is C21H19ClN4. The van der Waals surface area contributed by atoms with E-state index in [1.165, 1.54) is 11.3 Å².